The monoisotopic (exact) mass is 236 g/mol. The molecule has 0 unspecified atom stereocenters. The Morgan fingerprint density at radius 2 is 1.06 bits per heavy atom. The van der Waals surface area contributed by atoms with Crippen LogP contribution in [0.1, 0.15) is 24.0 Å². The molecule has 0 aromatic heterocycles. The molecule has 2 aromatic carbocycles. The van der Waals surface area contributed by atoms with Gasteiger partial charge in [0.2, 0.25) is 0 Å². The van der Waals surface area contributed by atoms with E-state index in [0.717, 1.165) is 12.8 Å². The first kappa shape index (κ1) is 11.2. The van der Waals surface area contributed by atoms with Gasteiger partial charge in [0.15, 0.2) is 0 Å². The molecule has 1 aliphatic rings. The summed E-state index contributed by atoms with van der Waals surface area (Å²) in [7, 11) is 0. The third-order valence-corrected chi connectivity index (χ3v) is 3.49. The maximum atomic E-state index is 9.95. The zero-order valence-electron chi connectivity index (χ0n) is 10.2. The molecule has 0 aliphatic heterocycles. The summed E-state index contributed by atoms with van der Waals surface area (Å²) in [5.41, 5.74) is 5.03. The second kappa shape index (κ2) is 4.79. The Morgan fingerprint density at radius 3 is 1.44 bits per heavy atom. The number of rotatable bonds is 2. The lowest BCUT2D eigenvalue weighted by molar-refractivity contribution is 0.192. The van der Waals surface area contributed by atoms with E-state index in [2.05, 4.69) is 48.5 Å². The summed E-state index contributed by atoms with van der Waals surface area (Å²) < 4.78 is 0. The van der Waals surface area contributed by atoms with Gasteiger partial charge in [-0.15, -0.1) is 0 Å². The van der Waals surface area contributed by atoms with E-state index in [1.54, 1.807) is 0 Å². The maximum Gasteiger partial charge on any atom is 0.0621 e. The summed E-state index contributed by atoms with van der Waals surface area (Å²) in [4.78, 5) is 0. The standard InChI is InChI=1S/C17H16O/c18-15-11-16(13-7-3-1-4-8-13)17(12-15)14-9-5-2-6-10-14/h1-10,15,18H,11-12H2. The Kier molecular flexibility index (Phi) is 2.99. The van der Waals surface area contributed by atoms with Crippen molar-refractivity contribution < 1.29 is 5.11 Å². The van der Waals surface area contributed by atoms with Crippen molar-refractivity contribution in [1.29, 1.82) is 0 Å². The van der Waals surface area contributed by atoms with Crippen LogP contribution in [-0.2, 0) is 0 Å². The lowest BCUT2D eigenvalue weighted by Crippen LogP contribution is -1.99. The smallest absolute Gasteiger partial charge is 0.0621 e. The van der Waals surface area contributed by atoms with Gasteiger partial charge >= 0.3 is 0 Å². The number of hydrogen-bond donors (Lipinski definition) is 1. The van der Waals surface area contributed by atoms with E-state index >= 15 is 0 Å². The van der Waals surface area contributed by atoms with Gasteiger partial charge in [0.1, 0.15) is 0 Å². The molecule has 1 heteroatoms. The summed E-state index contributed by atoms with van der Waals surface area (Å²) in [6.45, 7) is 0. The molecule has 3 rings (SSSR count). The Morgan fingerprint density at radius 1 is 0.667 bits per heavy atom. The van der Waals surface area contributed by atoms with Gasteiger partial charge in [-0.1, -0.05) is 60.7 Å². The first-order chi connectivity index (χ1) is 8.84. The Hall–Kier alpha value is -1.86. The minimum atomic E-state index is -0.240. The lowest BCUT2D eigenvalue weighted by atomic mass is 9.97. The van der Waals surface area contributed by atoms with Gasteiger partial charge < -0.3 is 5.11 Å². The summed E-state index contributed by atoms with van der Waals surface area (Å²) in [6.07, 6.45) is 1.28. The highest BCUT2D eigenvalue weighted by molar-refractivity contribution is 5.93. The van der Waals surface area contributed by atoms with Crippen LogP contribution in [0, 0.1) is 0 Å². The second-order valence-electron chi connectivity index (χ2n) is 4.75. The van der Waals surface area contributed by atoms with Crippen LogP contribution in [0.3, 0.4) is 0 Å². The molecule has 0 saturated heterocycles. The molecule has 0 fully saturated rings. The highest BCUT2D eigenvalue weighted by Crippen LogP contribution is 2.39. The van der Waals surface area contributed by atoms with Crippen molar-refractivity contribution in [2.45, 2.75) is 18.9 Å². The third kappa shape index (κ3) is 2.09. The van der Waals surface area contributed by atoms with Crippen LogP contribution in [0.25, 0.3) is 11.1 Å². The van der Waals surface area contributed by atoms with Crippen LogP contribution in [0.4, 0.5) is 0 Å². The van der Waals surface area contributed by atoms with Gasteiger partial charge in [-0.3, -0.25) is 0 Å². The normalized spacial score (nSPS) is 16.3. The van der Waals surface area contributed by atoms with Crippen LogP contribution in [-0.4, -0.2) is 11.2 Å². The molecule has 0 spiro atoms. The molecule has 90 valence electrons. The number of aliphatic hydroxyl groups excluding tert-OH is 1. The van der Waals surface area contributed by atoms with Gasteiger partial charge in [-0.2, -0.15) is 0 Å². The summed E-state index contributed by atoms with van der Waals surface area (Å²) in [5.74, 6) is 0. The molecule has 0 radical (unpaired) electrons. The molecule has 1 aliphatic carbocycles. The summed E-state index contributed by atoms with van der Waals surface area (Å²) in [5, 5.41) is 9.95. The van der Waals surface area contributed by atoms with E-state index in [1.165, 1.54) is 22.3 Å². The van der Waals surface area contributed by atoms with Crippen LogP contribution in [0.15, 0.2) is 60.7 Å². The van der Waals surface area contributed by atoms with Crippen molar-refractivity contribution in [1.82, 2.24) is 0 Å². The molecular weight excluding hydrogens is 220 g/mol. The van der Waals surface area contributed by atoms with Crippen LogP contribution in [0.2, 0.25) is 0 Å². The van der Waals surface area contributed by atoms with E-state index in [1.807, 2.05) is 12.1 Å². The first-order valence-electron chi connectivity index (χ1n) is 6.35. The second-order valence-corrected chi connectivity index (χ2v) is 4.75. The van der Waals surface area contributed by atoms with Crippen molar-refractivity contribution >= 4 is 11.1 Å². The lowest BCUT2D eigenvalue weighted by Gasteiger charge is -2.07. The zero-order chi connectivity index (χ0) is 12.4. The number of aliphatic hydroxyl groups is 1. The third-order valence-electron chi connectivity index (χ3n) is 3.49. The van der Waals surface area contributed by atoms with Gasteiger partial charge in [0.25, 0.3) is 0 Å². The van der Waals surface area contributed by atoms with Crippen molar-refractivity contribution in [3.63, 3.8) is 0 Å². The Labute approximate surface area is 107 Å². The highest BCUT2D eigenvalue weighted by Gasteiger charge is 2.23. The number of benzene rings is 2. The molecule has 0 heterocycles. The largest absolute Gasteiger partial charge is 0.392 e. The molecule has 0 bridgehead atoms. The van der Waals surface area contributed by atoms with Gasteiger partial charge in [-0.25, -0.2) is 0 Å². The maximum absolute atomic E-state index is 9.95. The van der Waals surface area contributed by atoms with Gasteiger partial charge in [-0.05, 0) is 35.1 Å². The molecule has 2 aromatic rings. The first-order valence-corrected chi connectivity index (χ1v) is 6.35. The summed E-state index contributed by atoms with van der Waals surface area (Å²) in [6, 6.07) is 20.7. The quantitative estimate of drug-likeness (QED) is 0.842. The fraction of sp³-hybridized carbons (Fsp3) is 0.176. The molecule has 18 heavy (non-hydrogen) atoms. The van der Waals surface area contributed by atoms with Crippen molar-refractivity contribution in [2.75, 3.05) is 0 Å². The Bertz CT molecular complexity index is 503. The molecule has 0 amide bonds. The highest BCUT2D eigenvalue weighted by atomic mass is 16.3. The molecule has 0 atom stereocenters. The van der Waals surface area contributed by atoms with Gasteiger partial charge in [0.05, 0.1) is 6.10 Å². The zero-order valence-corrected chi connectivity index (χ0v) is 10.2. The molecule has 1 nitrogen and oxygen atoms in total. The SMILES string of the molecule is OC1CC(c2ccccc2)=C(c2ccccc2)C1. The number of hydrogen-bond acceptors (Lipinski definition) is 1. The van der Waals surface area contributed by atoms with Crippen LogP contribution in [0.5, 0.6) is 0 Å². The average Bonchev–Trinajstić information content (AvgIpc) is 2.83. The van der Waals surface area contributed by atoms with E-state index in [4.69, 9.17) is 0 Å². The van der Waals surface area contributed by atoms with Gasteiger partial charge in [0, 0.05) is 0 Å². The molecule has 1 N–H and O–H groups in total. The van der Waals surface area contributed by atoms with E-state index < -0.39 is 0 Å². The molecular formula is C17H16O. The van der Waals surface area contributed by atoms with E-state index in [-0.39, 0.29) is 6.10 Å². The topological polar surface area (TPSA) is 20.2 Å². The van der Waals surface area contributed by atoms with Crippen LogP contribution >= 0.6 is 0 Å². The minimum absolute atomic E-state index is 0.240. The van der Waals surface area contributed by atoms with Crippen molar-refractivity contribution in [3.8, 4) is 0 Å². The molecule has 0 saturated carbocycles. The van der Waals surface area contributed by atoms with Crippen molar-refractivity contribution in [2.24, 2.45) is 0 Å². The predicted octanol–water partition coefficient (Wildman–Crippen LogP) is 3.75. The summed E-state index contributed by atoms with van der Waals surface area (Å²) >= 11 is 0. The van der Waals surface area contributed by atoms with Crippen molar-refractivity contribution in [3.05, 3.63) is 71.8 Å². The fourth-order valence-corrected chi connectivity index (χ4v) is 2.65. The fourth-order valence-electron chi connectivity index (χ4n) is 2.65. The minimum Gasteiger partial charge on any atom is -0.392 e. The van der Waals surface area contributed by atoms with E-state index in [9.17, 15) is 5.11 Å². The Balaban J connectivity index is 2.09. The van der Waals surface area contributed by atoms with Crippen LogP contribution < -0.4 is 0 Å². The van der Waals surface area contributed by atoms with E-state index in [0.29, 0.717) is 0 Å². The predicted molar refractivity (Wildman–Crippen MR) is 74.9 cm³/mol. The average molecular weight is 236 g/mol.